The molecule has 2 atom stereocenters. The van der Waals surface area contributed by atoms with Crippen LogP contribution >= 0.6 is 0 Å². The Morgan fingerprint density at radius 3 is 1.55 bits per heavy atom. The van der Waals surface area contributed by atoms with Crippen LogP contribution in [-0.4, -0.2) is 107 Å². The predicted molar refractivity (Wildman–Crippen MR) is 177 cm³/mol. The molecule has 3 saturated heterocycles. The second-order valence-corrected chi connectivity index (χ2v) is 16.6. The molecule has 9 nitrogen and oxygen atoms in total. The number of nitrogens with one attached hydrogen (secondary N) is 3. The third-order valence-electron chi connectivity index (χ3n) is 9.66. The van der Waals surface area contributed by atoms with E-state index in [1.807, 2.05) is 0 Å². The molecular formula is C33H70N8O. The minimum Gasteiger partial charge on any atom is -0.379 e. The maximum absolute atomic E-state index is 6.92. The van der Waals surface area contributed by atoms with Crippen LogP contribution in [-0.2, 0) is 4.74 Å². The summed E-state index contributed by atoms with van der Waals surface area (Å²) in [6, 6.07) is 1.61. The molecule has 3 rings (SSSR count). The first-order valence-electron chi connectivity index (χ1n) is 17.1. The first-order chi connectivity index (χ1) is 19.4. The van der Waals surface area contributed by atoms with Crippen LogP contribution in [0.4, 0.5) is 0 Å². The van der Waals surface area contributed by atoms with Gasteiger partial charge in [-0.05, 0) is 114 Å². The van der Waals surface area contributed by atoms with Gasteiger partial charge in [-0.15, -0.1) is 0 Å². The SMILES string of the molecule is CC(C)N(CCCCCCN(C1CC(C)(C)NC(C)(C)C1)C(N)NC(N)N1CCOCC1)C1CC(C)(C)NC(C)(C)C1. The third kappa shape index (κ3) is 11.2. The van der Waals surface area contributed by atoms with Gasteiger partial charge in [0.15, 0.2) is 0 Å². The standard InChI is InChI=1S/C33H70N8O/c1-25(2)40(26-21-30(3,4)37-31(5,6)22-26)15-13-11-12-14-16-41(27-23-32(7,8)38-33(9,10)24-27)29(35)36-28(34)39-17-19-42-20-18-39/h25-29,36-38H,11-24,34-35H2,1-10H3. The average molecular weight is 595 g/mol. The zero-order valence-electron chi connectivity index (χ0n) is 29.2. The predicted octanol–water partition coefficient (Wildman–Crippen LogP) is 3.58. The van der Waals surface area contributed by atoms with Gasteiger partial charge >= 0.3 is 0 Å². The quantitative estimate of drug-likeness (QED) is 0.152. The first-order valence-corrected chi connectivity index (χ1v) is 17.1. The summed E-state index contributed by atoms with van der Waals surface area (Å²) >= 11 is 0. The Hall–Kier alpha value is -0.360. The monoisotopic (exact) mass is 595 g/mol. The van der Waals surface area contributed by atoms with Crippen LogP contribution in [0, 0.1) is 0 Å². The lowest BCUT2D eigenvalue weighted by atomic mass is 9.78. The van der Waals surface area contributed by atoms with E-state index in [9.17, 15) is 0 Å². The van der Waals surface area contributed by atoms with Gasteiger partial charge in [0.1, 0.15) is 12.6 Å². The van der Waals surface area contributed by atoms with Crippen LogP contribution < -0.4 is 27.4 Å². The number of hydrogen-bond acceptors (Lipinski definition) is 9. The van der Waals surface area contributed by atoms with E-state index < -0.39 is 0 Å². The molecule has 0 saturated carbocycles. The van der Waals surface area contributed by atoms with Crippen LogP contribution in [0.15, 0.2) is 0 Å². The summed E-state index contributed by atoms with van der Waals surface area (Å²) in [7, 11) is 0. The zero-order valence-corrected chi connectivity index (χ0v) is 29.2. The van der Waals surface area contributed by atoms with Crippen molar-refractivity contribution in [2.75, 3.05) is 39.4 Å². The van der Waals surface area contributed by atoms with E-state index in [1.54, 1.807) is 0 Å². The van der Waals surface area contributed by atoms with Crippen molar-refractivity contribution in [1.29, 1.82) is 0 Å². The van der Waals surface area contributed by atoms with Crippen LogP contribution in [0.5, 0.6) is 0 Å². The topological polar surface area (TPSA) is 107 Å². The van der Waals surface area contributed by atoms with Gasteiger partial charge in [-0.25, -0.2) is 0 Å². The molecule has 0 aliphatic carbocycles. The van der Waals surface area contributed by atoms with Gasteiger partial charge in [-0.3, -0.25) is 20.0 Å². The number of ether oxygens (including phenoxy) is 1. The number of nitrogens with zero attached hydrogens (tertiary/aromatic N) is 3. The van der Waals surface area contributed by atoms with Crippen LogP contribution in [0.1, 0.15) is 121 Å². The van der Waals surface area contributed by atoms with E-state index in [4.69, 9.17) is 16.2 Å². The van der Waals surface area contributed by atoms with Gasteiger partial charge in [-0.1, -0.05) is 12.8 Å². The van der Waals surface area contributed by atoms with Gasteiger partial charge in [0.05, 0.1) is 13.2 Å². The Morgan fingerprint density at radius 2 is 1.12 bits per heavy atom. The molecule has 0 aromatic heterocycles. The molecule has 3 aliphatic rings. The highest BCUT2D eigenvalue weighted by molar-refractivity contribution is 5.02. The molecule has 0 spiro atoms. The summed E-state index contributed by atoms with van der Waals surface area (Å²) < 4.78 is 5.53. The highest BCUT2D eigenvalue weighted by Crippen LogP contribution is 2.34. The third-order valence-corrected chi connectivity index (χ3v) is 9.66. The van der Waals surface area contributed by atoms with E-state index in [0.717, 1.165) is 52.1 Å². The molecule has 42 heavy (non-hydrogen) atoms. The van der Waals surface area contributed by atoms with Gasteiger partial charge < -0.3 is 26.8 Å². The van der Waals surface area contributed by atoms with Gasteiger partial charge in [0.25, 0.3) is 0 Å². The molecule has 2 unspecified atom stereocenters. The summed E-state index contributed by atoms with van der Waals surface area (Å²) in [5.74, 6) is 0. The molecule has 248 valence electrons. The van der Waals surface area contributed by atoms with Crippen molar-refractivity contribution >= 4 is 0 Å². The molecule has 3 fully saturated rings. The summed E-state index contributed by atoms with van der Waals surface area (Å²) in [6.45, 7) is 28.8. The Kier molecular flexibility index (Phi) is 12.7. The van der Waals surface area contributed by atoms with Crippen molar-refractivity contribution in [1.82, 2.24) is 30.7 Å². The number of piperidine rings is 2. The van der Waals surface area contributed by atoms with Crippen molar-refractivity contribution in [2.24, 2.45) is 11.5 Å². The van der Waals surface area contributed by atoms with Crippen molar-refractivity contribution in [3.63, 3.8) is 0 Å². The zero-order chi connectivity index (χ0) is 31.3. The lowest BCUT2D eigenvalue weighted by Crippen LogP contribution is -2.69. The molecule has 3 aliphatic heterocycles. The Balaban J connectivity index is 1.55. The van der Waals surface area contributed by atoms with Crippen LogP contribution in [0.25, 0.3) is 0 Å². The first kappa shape index (κ1) is 36.1. The van der Waals surface area contributed by atoms with Gasteiger partial charge in [0.2, 0.25) is 0 Å². The largest absolute Gasteiger partial charge is 0.379 e. The van der Waals surface area contributed by atoms with Crippen LogP contribution in [0.3, 0.4) is 0 Å². The lowest BCUT2D eigenvalue weighted by molar-refractivity contribution is -0.0165. The van der Waals surface area contributed by atoms with Crippen molar-refractivity contribution in [2.45, 2.75) is 173 Å². The van der Waals surface area contributed by atoms with Gasteiger partial charge in [0, 0.05) is 59.9 Å². The molecule has 0 aromatic rings. The van der Waals surface area contributed by atoms with Crippen molar-refractivity contribution in [3.8, 4) is 0 Å². The second-order valence-electron chi connectivity index (χ2n) is 16.6. The van der Waals surface area contributed by atoms with Crippen LogP contribution in [0.2, 0.25) is 0 Å². The van der Waals surface area contributed by atoms with Crippen molar-refractivity contribution in [3.05, 3.63) is 0 Å². The Bertz CT molecular complexity index is 778. The fourth-order valence-electron chi connectivity index (χ4n) is 8.59. The average Bonchev–Trinajstić information content (AvgIpc) is 2.82. The molecular weight excluding hydrogens is 524 g/mol. The number of hydrogen-bond donors (Lipinski definition) is 5. The van der Waals surface area contributed by atoms with E-state index in [1.165, 1.54) is 38.6 Å². The minimum atomic E-state index is -0.277. The van der Waals surface area contributed by atoms with Gasteiger partial charge in [-0.2, -0.15) is 0 Å². The summed E-state index contributed by atoms with van der Waals surface area (Å²) in [5, 5.41) is 11.3. The lowest BCUT2D eigenvalue weighted by Gasteiger charge is -2.51. The highest BCUT2D eigenvalue weighted by Gasteiger charge is 2.42. The van der Waals surface area contributed by atoms with E-state index in [2.05, 4.69) is 99.9 Å². The number of rotatable bonds is 14. The fourth-order valence-corrected chi connectivity index (χ4v) is 8.59. The smallest absolute Gasteiger partial charge is 0.114 e. The van der Waals surface area contributed by atoms with E-state index >= 15 is 0 Å². The Morgan fingerprint density at radius 1 is 0.714 bits per heavy atom. The molecule has 7 N–H and O–H groups in total. The molecule has 0 radical (unpaired) electrons. The maximum atomic E-state index is 6.92. The number of nitrogens with two attached hydrogens (primary N) is 2. The highest BCUT2D eigenvalue weighted by atomic mass is 16.5. The van der Waals surface area contributed by atoms with Crippen molar-refractivity contribution < 1.29 is 4.74 Å². The normalized spacial score (nSPS) is 26.6. The minimum absolute atomic E-state index is 0.0643. The van der Waals surface area contributed by atoms with E-state index in [-0.39, 0.29) is 34.7 Å². The number of morpholine rings is 1. The second kappa shape index (κ2) is 14.8. The summed E-state index contributed by atoms with van der Waals surface area (Å²) in [5.41, 5.74) is 14.0. The Labute approximate surface area is 259 Å². The summed E-state index contributed by atoms with van der Waals surface area (Å²) in [6.07, 6.45) is 8.93. The molecule has 9 heteroatoms. The summed E-state index contributed by atoms with van der Waals surface area (Å²) in [4.78, 5) is 7.54. The molecule has 3 heterocycles. The van der Waals surface area contributed by atoms with E-state index in [0.29, 0.717) is 18.1 Å². The molecule has 0 amide bonds. The maximum Gasteiger partial charge on any atom is 0.114 e. The number of unbranched alkanes of at least 4 members (excludes halogenated alkanes) is 3. The fraction of sp³-hybridized carbons (Fsp3) is 1.00. The molecule has 0 aromatic carbocycles. The molecule has 0 bridgehead atoms.